The molecule has 0 aliphatic rings. The van der Waals surface area contributed by atoms with Crippen molar-refractivity contribution in [2.75, 3.05) is 0 Å². The van der Waals surface area contributed by atoms with Crippen LogP contribution in [0.4, 0.5) is 0 Å². The third-order valence-corrected chi connectivity index (χ3v) is 2.23. The van der Waals surface area contributed by atoms with Gasteiger partial charge < -0.3 is 11.5 Å². The van der Waals surface area contributed by atoms with Crippen LogP contribution in [0.3, 0.4) is 0 Å². The van der Waals surface area contributed by atoms with Crippen LogP contribution in [0.15, 0.2) is 30.6 Å². The lowest BCUT2D eigenvalue weighted by atomic mass is 9.85. The van der Waals surface area contributed by atoms with Gasteiger partial charge in [0.2, 0.25) is 0 Å². The fraction of sp³-hybridized carbons (Fsp3) is 0.545. The number of rotatable bonds is 1. The fourth-order valence-electron chi connectivity index (χ4n) is 0.313. The normalized spacial score (nSPS) is 11.6. The minimum Gasteiger partial charge on any atom is -0.324 e. The van der Waals surface area contributed by atoms with E-state index in [1.807, 2.05) is 45.9 Å². The van der Waals surface area contributed by atoms with E-state index in [1.165, 1.54) is 0 Å². The molecule has 3 heteroatoms. The second-order valence-electron chi connectivity index (χ2n) is 4.47. The van der Waals surface area contributed by atoms with E-state index in [4.69, 9.17) is 11.5 Å². The van der Waals surface area contributed by atoms with Crippen LogP contribution in [-0.2, 0) is 0 Å². The number of nitrogens with two attached hydrogens (primary N) is 2. The lowest BCUT2D eigenvalue weighted by Gasteiger charge is -2.34. The van der Waals surface area contributed by atoms with Gasteiger partial charge in [-0.25, -0.2) is 0 Å². The maximum absolute atomic E-state index is 5.69. The van der Waals surface area contributed by atoms with Gasteiger partial charge in [0.05, 0.1) is 0 Å². The number of pyridine rings is 1. The summed E-state index contributed by atoms with van der Waals surface area (Å²) < 4.78 is 0. The molecule has 1 heterocycles. The largest absolute Gasteiger partial charge is 0.324 e. The Morgan fingerprint density at radius 3 is 1.21 bits per heavy atom. The van der Waals surface area contributed by atoms with Crippen molar-refractivity contribution in [1.29, 1.82) is 0 Å². The molecule has 0 radical (unpaired) electrons. The minimum atomic E-state index is -0.285. The first-order chi connectivity index (χ1) is 6.25. The van der Waals surface area contributed by atoms with Crippen molar-refractivity contribution in [3.05, 3.63) is 30.6 Å². The number of nitrogens with zero attached hydrogens (tertiary/aromatic N) is 1. The summed E-state index contributed by atoms with van der Waals surface area (Å²) in [5.41, 5.74) is 10.8. The molecule has 0 aliphatic heterocycles. The van der Waals surface area contributed by atoms with Crippen molar-refractivity contribution < 1.29 is 0 Å². The van der Waals surface area contributed by atoms with Crippen LogP contribution in [0.25, 0.3) is 0 Å². The van der Waals surface area contributed by atoms with E-state index in [9.17, 15) is 0 Å². The van der Waals surface area contributed by atoms with E-state index in [1.54, 1.807) is 12.4 Å². The second kappa shape index (κ2) is 5.08. The van der Waals surface area contributed by atoms with Crippen LogP contribution in [0.2, 0.25) is 0 Å². The maximum atomic E-state index is 5.69. The molecule has 0 atom stereocenters. The van der Waals surface area contributed by atoms with Gasteiger partial charge in [-0.2, -0.15) is 0 Å². The second-order valence-corrected chi connectivity index (χ2v) is 4.47. The highest BCUT2D eigenvalue weighted by Gasteiger charge is 2.28. The smallest absolute Gasteiger partial charge is 0.0274 e. The van der Waals surface area contributed by atoms with Gasteiger partial charge in [-0.1, -0.05) is 6.07 Å². The molecule has 0 amide bonds. The number of aromatic nitrogens is 1. The van der Waals surface area contributed by atoms with E-state index in [0.29, 0.717) is 0 Å². The summed E-state index contributed by atoms with van der Waals surface area (Å²) in [6.45, 7) is 7.69. The lowest BCUT2D eigenvalue weighted by molar-refractivity contribution is 0.309. The van der Waals surface area contributed by atoms with E-state index >= 15 is 0 Å². The van der Waals surface area contributed by atoms with Gasteiger partial charge >= 0.3 is 0 Å². The molecule has 14 heavy (non-hydrogen) atoms. The molecule has 0 unspecified atom stereocenters. The third kappa shape index (κ3) is 5.67. The summed E-state index contributed by atoms with van der Waals surface area (Å²) in [7, 11) is 0. The summed E-state index contributed by atoms with van der Waals surface area (Å²) in [4.78, 5) is 3.78. The Labute approximate surface area is 86.5 Å². The highest BCUT2D eigenvalue weighted by atomic mass is 14.9. The van der Waals surface area contributed by atoms with Gasteiger partial charge in [-0.15, -0.1) is 0 Å². The van der Waals surface area contributed by atoms with E-state index in [0.717, 1.165) is 0 Å². The molecule has 0 fully saturated rings. The van der Waals surface area contributed by atoms with Crippen LogP contribution < -0.4 is 11.5 Å². The summed E-state index contributed by atoms with van der Waals surface area (Å²) in [5, 5.41) is 0. The van der Waals surface area contributed by atoms with Crippen LogP contribution in [0.1, 0.15) is 27.7 Å². The van der Waals surface area contributed by atoms with Crippen LogP contribution in [-0.4, -0.2) is 16.1 Å². The molecule has 4 N–H and O–H groups in total. The van der Waals surface area contributed by atoms with Crippen molar-refractivity contribution in [3.8, 4) is 0 Å². The molecule has 0 bridgehead atoms. The SMILES string of the molecule is CC(C)(N)C(C)(C)N.c1ccncc1. The van der Waals surface area contributed by atoms with Crippen LogP contribution in [0, 0.1) is 0 Å². The number of hydrogen-bond donors (Lipinski definition) is 2. The summed E-state index contributed by atoms with van der Waals surface area (Å²) in [6, 6.07) is 5.72. The van der Waals surface area contributed by atoms with E-state index in [2.05, 4.69) is 4.98 Å². The lowest BCUT2D eigenvalue weighted by Crippen LogP contribution is -2.58. The zero-order valence-corrected chi connectivity index (χ0v) is 9.49. The highest BCUT2D eigenvalue weighted by Crippen LogP contribution is 2.13. The molecule has 0 saturated carbocycles. The Balaban J connectivity index is 0.000000249. The Morgan fingerprint density at radius 1 is 0.786 bits per heavy atom. The molecule has 80 valence electrons. The molecular formula is C11H21N3. The fourth-order valence-corrected chi connectivity index (χ4v) is 0.313. The van der Waals surface area contributed by atoms with Gasteiger partial charge in [0, 0.05) is 23.5 Å². The summed E-state index contributed by atoms with van der Waals surface area (Å²) in [5.74, 6) is 0. The summed E-state index contributed by atoms with van der Waals surface area (Å²) >= 11 is 0. The molecule has 0 aliphatic carbocycles. The highest BCUT2D eigenvalue weighted by molar-refractivity contribution is 4.93. The maximum Gasteiger partial charge on any atom is 0.0274 e. The topological polar surface area (TPSA) is 64.9 Å². The predicted molar refractivity (Wildman–Crippen MR) is 60.8 cm³/mol. The standard InChI is InChI=1S/C6H16N2.C5H5N/c1-5(2,7)6(3,4)8;1-2-4-6-5-3-1/h7-8H2,1-4H3;1-5H. The molecule has 0 aromatic carbocycles. The molecule has 0 spiro atoms. The Hall–Kier alpha value is -0.930. The number of hydrogen-bond acceptors (Lipinski definition) is 3. The minimum absolute atomic E-state index is 0.285. The summed E-state index contributed by atoms with van der Waals surface area (Å²) in [6.07, 6.45) is 3.50. The van der Waals surface area contributed by atoms with Crippen molar-refractivity contribution in [2.45, 2.75) is 38.8 Å². The Kier molecular flexibility index (Phi) is 4.74. The monoisotopic (exact) mass is 195 g/mol. The average Bonchev–Trinajstić information content (AvgIpc) is 2.05. The molecule has 1 aromatic heterocycles. The van der Waals surface area contributed by atoms with Crippen molar-refractivity contribution in [1.82, 2.24) is 4.98 Å². The van der Waals surface area contributed by atoms with Gasteiger partial charge in [0.25, 0.3) is 0 Å². The Bertz CT molecular complexity index is 192. The Morgan fingerprint density at radius 2 is 1.14 bits per heavy atom. The van der Waals surface area contributed by atoms with Crippen LogP contribution >= 0.6 is 0 Å². The zero-order valence-electron chi connectivity index (χ0n) is 9.49. The molecule has 0 saturated heterocycles. The predicted octanol–water partition coefficient (Wildman–Crippen LogP) is 1.54. The first kappa shape index (κ1) is 13.1. The molecule has 1 aromatic rings. The van der Waals surface area contributed by atoms with Crippen molar-refractivity contribution >= 4 is 0 Å². The average molecular weight is 195 g/mol. The van der Waals surface area contributed by atoms with Crippen molar-refractivity contribution in [2.24, 2.45) is 11.5 Å². The van der Waals surface area contributed by atoms with Crippen LogP contribution in [0.5, 0.6) is 0 Å². The third-order valence-electron chi connectivity index (χ3n) is 2.23. The van der Waals surface area contributed by atoms with Gasteiger partial charge in [0.15, 0.2) is 0 Å². The van der Waals surface area contributed by atoms with E-state index in [-0.39, 0.29) is 11.1 Å². The molecule has 3 nitrogen and oxygen atoms in total. The van der Waals surface area contributed by atoms with Crippen molar-refractivity contribution in [3.63, 3.8) is 0 Å². The van der Waals surface area contributed by atoms with Gasteiger partial charge in [-0.05, 0) is 39.8 Å². The van der Waals surface area contributed by atoms with E-state index < -0.39 is 0 Å². The van der Waals surface area contributed by atoms with Gasteiger partial charge in [-0.3, -0.25) is 4.98 Å². The molecule has 1 rings (SSSR count). The zero-order chi connectivity index (χ0) is 11.2. The van der Waals surface area contributed by atoms with Gasteiger partial charge in [0.1, 0.15) is 0 Å². The quantitative estimate of drug-likeness (QED) is 0.714. The molecular weight excluding hydrogens is 174 g/mol. The first-order valence-electron chi connectivity index (χ1n) is 4.68. The first-order valence-corrected chi connectivity index (χ1v) is 4.68.